The van der Waals surface area contributed by atoms with E-state index in [1.54, 1.807) is 0 Å². The average molecular weight is 268 g/mol. The van der Waals surface area contributed by atoms with Crippen LogP contribution in [0.1, 0.15) is 16.2 Å². The Bertz CT molecular complexity index is 764. The van der Waals surface area contributed by atoms with Gasteiger partial charge in [0.25, 0.3) is 0 Å². The van der Waals surface area contributed by atoms with E-state index in [1.807, 2.05) is 42.5 Å². The van der Waals surface area contributed by atoms with Crippen molar-refractivity contribution >= 4 is 16.7 Å². The zero-order valence-corrected chi connectivity index (χ0v) is 10.5. The maximum Gasteiger partial charge on any atom is 0.356 e. The first-order valence-corrected chi connectivity index (χ1v) is 6.11. The second-order valence-electron chi connectivity index (χ2n) is 4.38. The van der Waals surface area contributed by atoms with Gasteiger partial charge >= 0.3 is 5.97 Å². The van der Waals surface area contributed by atoms with Crippen molar-refractivity contribution in [1.29, 1.82) is 0 Å². The van der Waals surface area contributed by atoms with Gasteiger partial charge in [-0.05, 0) is 29.0 Å². The normalized spacial score (nSPS) is 10.6. The lowest BCUT2D eigenvalue weighted by Crippen LogP contribution is -1.96. The Morgan fingerprint density at radius 3 is 2.70 bits per heavy atom. The number of hydrogen-bond donors (Lipinski definition) is 2. The number of aromatic nitrogens is 2. The Balaban J connectivity index is 1.74. The quantitative estimate of drug-likeness (QED) is 0.763. The highest BCUT2D eigenvalue weighted by molar-refractivity contribution is 5.85. The molecule has 100 valence electrons. The smallest absolute Gasteiger partial charge is 0.356 e. The minimum atomic E-state index is -1.06. The summed E-state index contributed by atoms with van der Waals surface area (Å²) >= 11 is 0. The standard InChI is InChI=1S/C15H12N2O3/c18-15(19)14-8-12(16-17-14)9-20-13-6-5-10-3-1-2-4-11(10)7-13/h1-8H,9H2,(H,16,17)(H,18,19). The summed E-state index contributed by atoms with van der Waals surface area (Å²) in [4.78, 5) is 10.7. The third kappa shape index (κ3) is 2.47. The molecule has 0 aliphatic heterocycles. The molecule has 0 unspecified atom stereocenters. The van der Waals surface area contributed by atoms with E-state index >= 15 is 0 Å². The van der Waals surface area contributed by atoms with Crippen LogP contribution in [-0.4, -0.2) is 21.3 Å². The summed E-state index contributed by atoms with van der Waals surface area (Å²) in [5.41, 5.74) is 0.609. The van der Waals surface area contributed by atoms with Crippen LogP contribution in [0, 0.1) is 0 Å². The van der Waals surface area contributed by atoms with E-state index in [4.69, 9.17) is 9.84 Å². The van der Waals surface area contributed by atoms with E-state index in [2.05, 4.69) is 10.2 Å². The fourth-order valence-electron chi connectivity index (χ4n) is 1.96. The first-order chi connectivity index (χ1) is 9.72. The molecule has 2 N–H and O–H groups in total. The van der Waals surface area contributed by atoms with Gasteiger partial charge in [-0.2, -0.15) is 5.10 Å². The van der Waals surface area contributed by atoms with Crippen LogP contribution < -0.4 is 4.74 Å². The number of nitrogens with one attached hydrogen (secondary N) is 1. The van der Waals surface area contributed by atoms with Crippen LogP contribution in [0.25, 0.3) is 10.8 Å². The van der Waals surface area contributed by atoms with Gasteiger partial charge in [0.2, 0.25) is 0 Å². The van der Waals surface area contributed by atoms with E-state index in [0.29, 0.717) is 5.69 Å². The Morgan fingerprint density at radius 1 is 1.15 bits per heavy atom. The molecule has 0 saturated heterocycles. The molecule has 0 spiro atoms. The van der Waals surface area contributed by atoms with Gasteiger partial charge in [0.05, 0.1) is 5.69 Å². The van der Waals surface area contributed by atoms with Crippen molar-refractivity contribution in [2.45, 2.75) is 6.61 Å². The van der Waals surface area contributed by atoms with Crippen LogP contribution in [0.5, 0.6) is 5.75 Å². The maximum atomic E-state index is 10.7. The Labute approximate surface area is 114 Å². The van der Waals surface area contributed by atoms with Crippen molar-refractivity contribution in [3.63, 3.8) is 0 Å². The highest BCUT2D eigenvalue weighted by Gasteiger charge is 2.08. The number of aromatic carboxylic acids is 1. The lowest BCUT2D eigenvalue weighted by molar-refractivity contribution is 0.0690. The second kappa shape index (κ2) is 5.05. The SMILES string of the molecule is O=C(O)c1cc(COc2ccc3ccccc3c2)[nH]n1. The number of hydrogen-bond acceptors (Lipinski definition) is 3. The molecule has 0 aliphatic carbocycles. The number of rotatable bonds is 4. The fourth-order valence-corrected chi connectivity index (χ4v) is 1.96. The van der Waals surface area contributed by atoms with Crippen LogP contribution in [0.15, 0.2) is 48.5 Å². The average Bonchev–Trinajstić information content (AvgIpc) is 2.94. The number of carbonyl (C=O) groups is 1. The van der Waals surface area contributed by atoms with Crippen LogP contribution in [0.4, 0.5) is 0 Å². The summed E-state index contributed by atoms with van der Waals surface area (Å²) in [5, 5.41) is 17.3. The van der Waals surface area contributed by atoms with Gasteiger partial charge in [0.15, 0.2) is 5.69 Å². The van der Waals surface area contributed by atoms with Crippen molar-refractivity contribution in [3.8, 4) is 5.75 Å². The summed E-state index contributed by atoms with van der Waals surface area (Å²) in [6, 6.07) is 15.3. The van der Waals surface area contributed by atoms with E-state index in [-0.39, 0.29) is 12.3 Å². The van der Waals surface area contributed by atoms with E-state index in [1.165, 1.54) is 6.07 Å². The Hall–Kier alpha value is -2.82. The van der Waals surface area contributed by atoms with Crippen LogP contribution >= 0.6 is 0 Å². The number of ether oxygens (including phenoxy) is 1. The molecule has 0 fully saturated rings. The molecule has 1 aromatic heterocycles. The van der Waals surface area contributed by atoms with Gasteiger partial charge in [0, 0.05) is 0 Å². The summed E-state index contributed by atoms with van der Waals surface area (Å²) in [7, 11) is 0. The number of benzene rings is 2. The maximum absolute atomic E-state index is 10.7. The molecule has 1 heterocycles. The first-order valence-electron chi connectivity index (χ1n) is 6.11. The Morgan fingerprint density at radius 2 is 1.95 bits per heavy atom. The minimum Gasteiger partial charge on any atom is -0.487 e. The molecule has 0 atom stereocenters. The fraction of sp³-hybridized carbons (Fsp3) is 0.0667. The lowest BCUT2D eigenvalue weighted by atomic mass is 10.1. The zero-order valence-electron chi connectivity index (χ0n) is 10.5. The largest absolute Gasteiger partial charge is 0.487 e. The molecule has 20 heavy (non-hydrogen) atoms. The summed E-state index contributed by atoms with van der Waals surface area (Å²) in [5.74, 6) is -0.326. The van der Waals surface area contributed by atoms with Crippen LogP contribution in [0.3, 0.4) is 0 Å². The van der Waals surface area contributed by atoms with Crippen molar-refractivity contribution in [2.24, 2.45) is 0 Å². The topological polar surface area (TPSA) is 75.2 Å². The number of H-pyrrole nitrogens is 1. The molecule has 3 rings (SSSR count). The Kier molecular flexibility index (Phi) is 3.09. The zero-order chi connectivity index (χ0) is 13.9. The molecule has 0 bridgehead atoms. The molecule has 0 saturated carbocycles. The predicted octanol–water partition coefficient (Wildman–Crippen LogP) is 2.84. The number of carboxylic acids is 1. The second-order valence-corrected chi connectivity index (χ2v) is 4.38. The summed E-state index contributed by atoms with van der Waals surface area (Å²) in [6.07, 6.45) is 0. The molecule has 0 radical (unpaired) electrons. The van der Waals surface area contributed by atoms with Gasteiger partial charge in [-0.25, -0.2) is 4.79 Å². The third-order valence-electron chi connectivity index (χ3n) is 2.97. The van der Waals surface area contributed by atoms with Gasteiger partial charge in [-0.3, -0.25) is 5.10 Å². The molecule has 5 heteroatoms. The van der Waals surface area contributed by atoms with E-state index in [0.717, 1.165) is 16.5 Å². The monoisotopic (exact) mass is 268 g/mol. The molecule has 0 amide bonds. The van der Waals surface area contributed by atoms with Crippen LogP contribution in [0.2, 0.25) is 0 Å². The molecule has 3 aromatic rings. The van der Waals surface area contributed by atoms with Crippen molar-refractivity contribution in [1.82, 2.24) is 10.2 Å². The molecule has 5 nitrogen and oxygen atoms in total. The van der Waals surface area contributed by atoms with Crippen molar-refractivity contribution in [2.75, 3.05) is 0 Å². The number of nitrogens with zero attached hydrogens (tertiary/aromatic N) is 1. The minimum absolute atomic E-state index is 0.0119. The first kappa shape index (κ1) is 12.2. The summed E-state index contributed by atoms with van der Waals surface area (Å²) < 4.78 is 5.63. The van der Waals surface area contributed by atoms with E-state index < -0.39 is 5.97 Å². The number of carboxylic acid groups (broad SMARTS) is 1. The highest BCUT2D eigenvalue weighted by Crippen LogP contribution is 2.21. The predicted molar refractivity (Wildman–Crippen MR) is 73.8 cm³/mol. The van der Waals surface area contributed by atoms with Crippen LogP contribution in [-0.2, 0) is 6.61 Å². The molecule has 0 aliphatic rings. The number of aromatic amines is 1. The van der Waals surface area contributed by atoms with E-state index in [9.17, 15) is 4.79 Å². The molecule has 2 aromatic carbocycles. The van der Waals surface area contributed by atoms with Gasteiger partial charge in [0.1, 0.15) is 12.4 Å². The van der Waals surface area contributed by atoms with Crippen molar-refractivity contribution < 1.29 is 14.6 Å². The van der Waals surface area contributed by atoms with Gasteiger partial charge in [-0.15, -0.1) is 0 Å². The number of fused-ring (bicyclic) bond motifs is 1. The molecular formula is C15H12N2O3. The summed E-state index contributed by atoms with van der Waals surface area (Å²) in [6.45, 7) is 0.249. The van der Waals surface area contributed by atoms with Crippen molar-refractivity contribution in [3.05, 3.63) is 59.9 Å². The molecular weight excluding hydrogens is 256 g/mol. The van der Waals surface area contributed by atoms with Gasteiger partial charge < -0.3 is 9.84 Å². The highest BCUT2D eigenvalue weighted by atomic mass is 16.5. The third-order valence-corrected chi connectivity index (χ3v) is 2.97. The lowest BCUT2D eigenvalue weighted by Gasteiger charge is -2.05. The van der Waals surface area contributed by atoms with Gasteiger partial charge in [-0.1, -0.05) is 30.3 Å².